The van der Waals surface area contributed by atoms with Gasteiger partial charge < -0.3 is 20.7 Å². The number of nitrogens with one attached hydrogen (secondary N) is 1. The summed E-state index contributed by atoms with van der Waals surface area (Å²) in [6.45, 7) is 3.89. The Labute approximate surface area is 186 Å². The van der Waals surface area contributed by atoms with E-state index in [1.807, 2.05) is 31.3 Å². The number of aromatic nitrogens is 4. The number of hydrogen-bond donors (Lipinski definition) is 2. The Balaban J connectivity index is 1.50. The molecule has 0 atom stereocenters. The zero-order valence-corrected chi connectivity index (χ0v) is 18.4. The summed E-state index contributed by atoms with van der Waals surface area (Å²) < 4.78 is 5.64. The van der Waals surface area contributed by atoms with Gasteiger partial charge in [0.05, 0.1) is 24.0 Å². The van der Waals surface area contributed by atoms with E-state index >= 15 is 0 Å². The molecule has 8 nitrogen and oxygen atoms in total. The van der Waals surface area contributed by atoms with E-state index in [2.05, 4.69) is 44.3 Å². The molecule has 0 saturated carbocycles. The van der Waals surface area contributed by atoms with Gasteiger partial charge in [-0.05, 0) is 55.3 Å². The topological polar surface area (TPSA) is 102 Å². The van der Waals surface area contributed by atoms with Crippen LogP contribution in [-0.2, 0) is 13.0 Å². The Kier molecular flexibility index (Phi) is 5.07. The predicted octanol–water partition coefficient (Wildman–Crippen LogP) is 3.72. The molecule has 8 heteroatoms. The number of ether oxygens (including phenoxy) is 1. The van der Waals surface area contributed by atoms with Gasteiger partial charge in [-0.15, -0.1) is 0 Å². The van der Waals surface area contributed by atoms with E-state index in [-0.39, 0.29) is 5.95 Å². The minimum absolute atomic E-state index is 0.269. The third-order valence-electron chi connectivity index (χ3n) is 5.86. The van der Waals surface area contributed by atoms with Crippen molar-refractivity contribution in [3.8, 4) is 16.9 Å². The molecule has 5 rings (SSSR count). The average Bonchev–Trinajstić information content (AvgIpc) is 2.78. The lowest BCUT2D eigenvalue weighted by atomic mass is 9.99. The number of fused-ring (bicyclic) bond motifs is 2. The van der Waals surface area contributed by atoms with E-state index in [1.165, 1.54) is 11.1 Å². The number of aryl methyl sites for hydroxylation is 1. The van der Waals surface area contributed by atoms with Crippen molar-refractivity contribution in [3.63, 3.8) is 0 Å². The zero-order chi connectivity index (χ0) is 22.2. The zero-order valence-electron chi connectivity index (χ0n) is 18.4. The second-order valence-electron chi connectivity index (χ2n) is 8.13. The van der Waals surface area contributed by atoms with Crippen molar-refractivity contribution in [1.82, 2.24) is 24.8 Å². The molecule has 0 bridgehead atoms. The Bertz CT molecular complexity index is 1320. The second kappa shape index (κ2) is 8.05. The van der Waals surface area contributed by atoms with E-state index in [0.29, 0.717) is 5.95 Å². The molecule has 0 fully saturated rings. The number of benzene rings is 2. The number of nitrogen functional groups attached to an aromatic ring is 1. The monoisotopic (exact) mass is 427 g/mol. The summed E-state index contributed by atoms with van der Waals surface area (Å²) in [5.74, 6) is 1.58. The van der Waals surface area contributed by atoms with Crippen molar-refractivity contribution in [2.75, 3.05) is 31.8 Å². The molecule has 2 aromatic carbocycles. The molecular weight excluding hydrogens is 402 g/mol. The number of nitrogens with zero attached hydrogens (tertiary/aromatic N) is 5. The number of likely N-dealkylation sites (N-methyl/N-ethyl adjacent to an activating group) is 1. The molecule has 1 aliphatic rings. The number of rotatable bonds is 4. The third kappa shape index (κ3) is 3.80. The van der Waals surface area contributed by atoms with Gasteiger partial charge in [0.1, 0.15) is 5.75 Å². The highest BCUT2D eigenvalue weighted by atomic mass is 16.5. The Hall–Kier alpha value is -3.78. The molecule has 0 radical (unpaired) electrons. The lowest BCUT2D eigenvalue weighted by Crippen LogP contribution is -2.26. The number of nitrogens with two attached hydrogens (primary N) is 1. The molecule has 2 aromatic heterocycles. The van der Waals surface area contributed by atoms with Crippen LogP contribution in [0, 0.1) is 6.92 Å². The Morgan fingerprint density at radius 1 is 1.06 bits per heavy atom. The van der Waals surface area contributed by atoms with Crippen LogP contribution in [0.2, 0.25) is 0 Å². The molecule has 162 valence electrons. The van der Waals surface area contributed by atoms with Crippen molar-refractivity contribution in [2.45, 2.75) is 19.9 Å². The first-order chi connectivity index (χ1) is 15.5. The highest BCUT2D eigenvalue weighted by Gasteiger charge is 2.17. The summed E-state index contributed by atoms with van der Waals surface area (Å²) in [7, 11) is 3.82. The van der Waals surface area contributed by atoms with E-state index in [0.717, 1.165) is 58.7 Å². The van der Waals surface area contributed by atoms with Crippen LogP contribution in [0.3, 0.4) is 0 Å². The van der Waals surface area contributed by atoms with Gasteiger partial charge >= 0.3 is 0 Å². The third-order valence-corrected chi connectivity index (χ3v) is 5.86. The normalized spacial score (nSPS) is 13.7. The Morgan fingerprint density at radius 3 is 2.75 bits per heavy atom. The standard InChI is InChI=1S/C24H25N7O/c1-14-19(12-26-23(25)28-14)16-4-5-17-11-27-24(29-20(17)8-16)30-21-9-18-13-31(2)7-6-15(18)10-22(21)32-3/h4-5,8-12H,6-7,13H2,1-3H3,(H2,25,26,28)(H,27,29,30). The minimum atomic E-state index is 0.269. The largest absolute Gasteiger partial charge is 0.495 e. The predicted molar refractivity (Wildman–Crippen MR) is 126 cm³/mol. The van der Waals surface area contributed by atoms with Crippen LogP contribution < -0.4 is 15.8 Å². The van der Waals surface area contributed by atoms with Gasteiger partial charge in [-0.3, -0.25) is 0 Å². The van der Waals surface area contributed by atoms with Crippen LogP contribution in [0.1, 0.15) is 16.8 Å². The maximum atomic E-state index is 5.70. The van der Waals surface area contributed by atoms with Gasteiger partial charge in [0.2, 0.25) is 11.9 Å². The summed E-state index contributed by atoms with van der Waals surface area (Å²) in [4.78, 5) is 20.0. The average molecular weight is 428 g/mol. The molecule has 0 unspecified atom stereocenters. The number of anilines is 3. The van der Waals surface area contributed by atoms with Crippen LogP contribution in [0.5, 0.6) is 5.75 Å². The number of methoxy groups -OCH3 is 1. The molecule has 3 heterocycles. The van der Waals surface area contributed by atoms with E-state index < -0.39 is 0 Å². The molecule has 3 N–H and O–H groups in total. The summed E-state index contributed by atoms with van der Waals surface area (Å²) in [5.41, 5.74) is 12.7. The van der Waals surface area contributed by atoms with Crippen LogP contribution in [0.25, 0.3) is 22.0 Å². The second-order valence-corrected chi connectivity index (χ2v) is 8.13. The van der Waals surface area contributed by atoms with Crippen LogP contribution in [0.15, 0.2) is 42.7 Å². The quantitative estimate of drug-likeness (QED) is 0.508. The van der Waals surface area contributed by atoms with Crippen molar-refractivity contribution in [1.29, 1.82) is 0 Å². The SMILES string of the molecule is COc1cc2c(cc1Nc1ncc3ccc(-c4cnc(N)nc4C)cc3n1)CN(C)CC2. The lowest BCUT2D eigenvalue weighted by molar-refractivity contribution is 0.312. The van der Waals surface area contributed by atoms with Crippen molar-refractivity contribution in [3.05, 3.63) is 59.5 Å². The highest BCUT2D eigenvalue weighted by Crippen LogP contribution is 2.33. The smallest absolute Gasteiger partial charge is 0.227 e. The van der Waals surface area contributed by atoms with E-state index in [1.54, 1.807) is 13.3 Å². The van der Waals surface area contributed by atoms with Crippen LogP contribution in [-0.4, -0.2) is 45.5 Å². The molecule has 4 aromatic rings. The molecule has 0 spiro atoms. The highest BCUT2D eigenvalue weighted by molar-refractivity contribution is 5.85. The van der Waals surface area contributed by atoms with Gasteiger partial charge in [-0.1, -0.05) is 12.1 Å². The summed E-state index contributed by atoms with van der Waals surface area (Å²) in [5, 5.41) is 4.30. The summed E-state index contributed by atoms with van der Waals surface area (Å²) >= 11 is 0. The van der Waals surface area contributed by atoms with Gasteiger partial charge in [-0.25, -0.2) is 19.9 Å². The van der Waals surface area contributed by atoms with E-state index in [4.69, 9.17) is 15.5 Å². The van der Waals surface area contributed by atoms with Gasteiger partial charge in [0.15, 0.2) is 0 Å². The van der Waals surface area contributed by atoms with Crippen molar-refractivity contribution in [2.24, 2.45) is 0 Å². The van der Waals surface area contributed by atoms with Crippen LogP contribution in [0.4, 0.5) is 17.6 Å². The maximum absolute atomic E-state index is 5.70. The first-order valence-electron chi connectivity index (χ1n) is 10.5. The molecule has 0 aliphatic carbocycles. The first kappa shape index (κ1) is 20.1. The summed E-state index contributed by atoms with van der Waals surface area (Å²) in [6.07, 6.45) is 4.58. The van der Waals surface area contributed by atoms with Gasteiger partial charge in [0.25, 0.3) is 0 Å². The molecule has 0 amide bonds. The lowest BCUT2D eigenvalue weighted by Gasteiger charge is -2.26. The maximum Gasteiger partial charge on any atom is 0.227 e. The minimum Gasteiger partial charge on any atom is -0.495 e. The molecule has 1 aliphatic heterocycles. The molecule has 0 saturated heterocycles. The fraction of sp³-hybridized carbons (Fsp3) is 0.250. The first-order valence-corrected chi connectivity index (χ1v) is 10.5. The van der Waals surface area contributed by atoms with E-state index in [9.17, 15) is 0 Å². The fourth-order valence-electron chi connectivity index (χ4n) is 4.13. The van der Waals surface area contributed by atoms with Crippen LogP contribution >= 0.6 is 0 Å². The fourth-order valence-corrected chi connectivity index (χ4v) is 4.13. The van der Waals surface area contributed by atoms with Gasteiger partial charge in [0, 0.05) is 36.4 Å². The van der Waals surface area contributed by atoms with Crippen molar-refractivity contribution < 1.29 is 4.74 Å². The molecular formula is C24H25N7O. The van der Waals surface area contributed by atoms with Gasteiger partial charge in [-0.2, -0.15) is 0 Å². The number of hydrogen-bond acceptors (Lipinski definition) is 8. The Morgan fingerprint density at radius 2 is 1.94 bits per heavy atom. The molecule has 32 heavy (non-hydrogen) atoms. The van der Waals surface area contributed by atoms with Crippen molar-refractivity contribution >= 4 is 28.5 Å². The summed E-state index contributed by atoms with van der Waals surface area (Å²) in [6, 6.07) is 10.3.